The number of hydrogen-bond donors (Lipinski definition) is 0. The van der Waals surface area contributed by atoms with Gasteiger partial charge >= 0.3 is 0 Å². The third-order valence-corrected chi connectivity index (χ3v) is 3.10. The van der Waals surface area contributed by atoms with Crippen LogP contribution in [0.3, 0.4) is 0 Å². The molecule has 0 aromatic heterocycles. The van der Waals surface area contributed by atoms with E-state index in [0.29, 0.717) is 29.7 Å². The van der Waals surface area contributed by atoms with E-state index in [0.717, 1.165) is 0 Å². The van der Waals surface area contributed by atoms with Crippen LogP contribution in [0.5, 0.6) is 17.2 Å². The molecule has 0 saturated carbocycles. The molecule has 1 aliphatic heterocycles. The number of carbonyl (C=O) groups is 1. The number of benzene rings is 1. The van der Waals surface area contributed by atoms with Crippen LogP contribution < -0.4 is 14.2 Å². The second kappa shape index (κ2) is 6.03. The molecule has 0 N–H and O–H groups in total. The van der Waals surface area contributed by atoms with E-state index in [1.54, 1.807) is 37.3 Å². The van der Waals surface area contributed by atoms with Gasteiger partial charge in [-0.3, -0.25) is 4.79 Å². The summed E-state index contributed by atoms with van der Waals surface area (Å²) in [4.78, 5) is 14.0. The maximum absolute atomic E-state index is 12.3. The van der Waals surface area contributed by atoms with Crippen LogP contribution in [0.15, 0.2) is 18.2 Å². The van der Waals surface area contributed by atoms with Crippen molar-refractivity contribution < 1.29 is 19.0 Å². The summed E-state index contributed by atoms with van der Waals surface area (Å²) in [5, 5.41) is 0. The van der Waals surface area contributed by atoms with Gasteiger partial charge in [-0.2, -0.15) is 0 Å². The van der Waals surface area contributed by atoms with E-state index in [4.69, 9.17) is 14.2 Å². The second-order valence-electron chi connectivity index (χ2n) is 5.34. The van der Waals surface area contributed by atoms with E-state index in [1.165, 1.54) is 0 Å². The fraction of sp³-hybridized carbons (Fsp3) is 0.533. The fourth-order valence-corrected chi connectivity index (χ4v) is 2.18. The predicted molar refractivity (Wildman–Crippen MR) is 75.4 cm³/mol. The van der Waals surface area contributed by atoms with Gasteiger partial charge < -0.3 is 19.1 Å². The Morgan fingerprint density at radius 2 is 2.20 bits per heavy atom. The molecule has 1 aromatic carbocycles. The Morgan fingerprint density at radius 1 is 1.45 bits per heavy atom. The molecule has 1 amide bonds. The first-order chi connectivity index (χ1) is 9.51. The normalized spacial score (nSPS) is 16.9. The average molecular weight is 279 g/mol. The third-order valence-electron chi connectivity index (χ3n) is 3.10. The Labute approximate surface area is 119 Å². The summed E-state index contributed by atoms with van der Waals surface area (Å²) in [5.74, 6) is 2.22. The van der Waals surface area contributed by atoms with Gasteiger partial charge in [0, 0.05) is 19.7 Å². The number of methoxy groups -OCH3 is 1. The van der Waals surface area contributed by atoms with Gasteiger partial charge in [0.05, 0.1) is 7.11 Å². The Hall–Kier alpha value is -1.91. The quantitative estimate of drug-likeness (QED) is 0.845. The monoisotopic (exact) mass is 279 g/mol. The SMILES string of the molecule is COc1ccc2c(c1)OC(C(=O)N(C)CC(C)C)CO2. The summed E-state index contributed by atoms with van der Waals surface area (Å²) in [6, 6.07) is 5.32. The Bertz CT molecular complexity index is 487. The summed E-state index contributed by atoms with van der Waals surface area (Å²) < 4.78 is 16.5. The van der Waals surface area contributed by atoms with E-state index in [-0.39, 0.29) is 12.5 Å². The van der Waals surface area contributed by atoms with E-state index < -0.39 is 6.10 Å². The first kappa shape index (κ1) is 14.5. The van der Waals surface area contributed by atoms with Gasteiger partial charge in [0.25, 0.3) is 5.91 Å². The van der Waals surface area contributed by atoms with Crippen LogP contribution in [0.25, 0.3) is 0 Å². The molecule has 0 bridgehead atoms. The summed E-state index contributed by atoms with van der Waals surface area (Å²) in [6.07, 6.45) is -0.599. The van der Waals surface area contributed by atoms with Crippen LogP contribution in [0.2, 0.25) is 0 Å². The lowest BCUT2D eigenvalue weighted by Gasteiger charge is -2.29. The molecule has 5 nitrogen and oxygen atoms in total. The van der Waals surface area contributed by atoms with E-state index in [1.807, 2.05) is 0 Å². The van der Waals surface area contributed by atoms with E-state index in [9.17, 15) is 4.79 Å². The highest BCUT2D eigenvalue weighted by Gasteiger charge is 2.30. The van der Waals surface area contributed by atoms with Crippen molar-refractivity contribution >= 4 is 5.91 Å². The van der Waals surface area contributed by atoms with Crippen LogP contribution in [-0.4, -0.2) is 44.2 Å². The van der Waals surface area contributed by atoms with Crippen molar-refractivity contribution in [1.29, 1.82) is 0 Å². The first-order valence-corrected chi connectivity index (χ1v) is 6.73. The van der Waals surface area contributed by atoms with Crippen molar-refractivity contribution in [3.8, 4) is 17.2 Å². The number of likely N-dealkylation sites (N-methyl/N-ethyl adjacent to an activating group) is 1. The van der Waals surface area contributed by atoms with Crippen LogP contribution in [0.4, 0.5) is 0 Å². The van der Waals surface area contributed by atoms with Gasteiger partial charge in [0.2, 0.25) is 6.10 Å². The highest BCUT2D eigenvalue weighted by atomic mass is 16.6. The van der Waals surface area contributed by atoms with Crippen LogP contribution in [-0.2, 0) is 4.79 Å². The molecular formula is C15H21NO4. The van der Waals surface area contributed by atoms with Gasteiger partial charge in [-0.1, -0.05) is 13.8 Å². The fourth-order valence-electron chi connectivity index (χ4n) is 2.18. The van der Waals surface area contributed by atoms with Crippen LogP contribution in [0.1, 0.15) is 13.8 Å². The Kier molecular flexibility index (Phi) is 4.37. The van der Waals surface area contributed by atoms with Crippen molar-refractivity contribution in [3.63, 3.8) is 0 Å². The molecule has 5 heteroatoms. The molecule has 110 valence electrons. The number of hydrogen-bond acceptors (Lipinski definition) is 4. The molecule has 0 saturated heterocycles. The summed E-state index contributed by atoms with van der Waals surface area (Å²) in [5.41, 5.74) is 0. The minimum absolute atomic E-state index is 0.0628. The molecular weight excluding hydrogens is 258 g/mol. The molecule has 1 aliphatic rings. The standard InChI is InChI=1S/C15H21NO4/c1-10(2)8-16(3)15(17)14-9-19-12-6-5-11(18-4)7-13(12)20-14/h5-7,10,14H,8-9H2,1-4H3. The van der Waals surface area contributed by atoms with Crippen LogP contribution in [0, 0.1) is 5.92 Å². The van der Waals surface area contributed by atoms with Crippen molar-refractivity contribution in [2.75, 3.05) is 27.3 Å². The highest BCUT2D eigenvalue weighted by molar-refractivity contribution is 5.81. The maximum atomic E-state index is 12.3. The Morgan fingerprint density at radius 3 is 2.85 bits per heavy atom. The molecule has 0 fully saturated rings. The number of nitrogens with zero attached hydrogens (tertiary/aromatic N) is 1. The minimum Gasteiger partial charge on any atom is -0.497 e. The van der Waals surface area contributed by atoms with E-state index in [2.05, 4.69) is 13.8 Å². The molecule has 1 aromatic rings. The van der Waals surface area contributed by atoms with Crippen LogP contribution >= 0.6 is 0 Å². The molecule has 1 heterocycles. The van der Waals surface area contributed by atoms with Crippen molar-refractivity contribution in [1.82, 2.24) is 4.90 Å². The number of carbonyl (C=O) groups excluding carboxylic acids is 1. The number of fused-ring (bicyclic) bond motifs is 1. The lowest BCUT2D eigenvalue weighted by Crippen LogP contribution is -2.45. The van der Waals surface area contributed by atoms with E-state index >= 15 is 0 Å². The Balaban J connectivity index is 2.08. The highest BCUT2D eigenvalue weighted by Crippen LogP contribution is 2.35. The van der Waals surface area contributed by atoms with Gasteiger partial charge in [0.1, 0.15) is 12.4 Å². The molecule has 1 unspecified atom stereocenters. The van der Waals surface area contributed by atoms with Gasteiger partial charge in [-0.25, -0.2) is 0 Å². The van der Waals surface area contributed by atoms with Gasteiger partial charge in [-0.05, 0) is 18.1 Å². The summed E-state index contributed by atoms with van der Waals surface area (Å²) in [6.45, 7) is 5.08. The molecule has 0 aliphatic carbocycles. The smallest absolute Gasteiger partial charge is 0.267 e. The number of rotatable bonds is 4. The lowest BCUT2D eigenvalue weighted by atomic mass is 10.2. The minimum atomic E-state index is -0.599. The molecule has 20 heavy (non-hydrogen) atoms. The molecule has 0 radical (unpaired) electrons. The predicted octanol–water partition coefficient (Wildman–Crippen LogP) is 1.95. The topological polar surface area (TPSA) is 48.0 Å². The van der Waals surface area contributed by atoms with Crippen molar-refractivity contribution in [2.45, 2.75) is 20.0 Å². The largest absolute Gasteiger partial charge is 0.497 e. The zero-order chi connectivity index (χ0) is 14.7. The van der Waals surface area contributed by atoms with Crippen molar-refractivity contribution in [3.05, 3.63) is 18.2 Å². The molecule has 0 spiro atoms. The average Bonchev–Trinajstić information content (AvgIpc) is 2.44. The second-order valence-corrected chi connectivity index (χ2v) is 5.34. The first-order valence-electron chi connectivity index (χ1n) is 6.73. The zero-order valence-corrected chi connectivity index (χ0v) is 12.4. The lowest BCUT2D eigenvalue weighted by molar-refractivity contribution is -0.140. The number of amides is 1. The van der Waals surface area contributed by atoms with Crippen molar-refractivity contribution in [2.24, 2.45) is 5.92 Å². The third kappa shape index (κ3) is 3.15. The molecule has 2 rings (SSSR count). The summed E-state index contributed by atoms with van der Waals surface area (Å²) >= 11 is 0. The number of ether oxygens (including phenoxy) is 3. The van der Waals surface area contributed by atoms with Gasteiger partial charge in [0.15, 0.2) is 11.5 Å². The van der Waals surface area contributed by atoms with Gasteiger partial charge in [-0.15, -0.1) is 0 Å². The summed E-state index contributed by atoms with van der Waals surface area (Å²) in [7, 11) is 3.37. The molecule has 1 atom stereocenters. The maximum Gasteiger partial charge on any atom is 0.267 e. The zero-order valence-electron chi connectivity index (χ0n) is 12.4.